The molecule has 4 atom stereocenters. The number of esters is 1. The summed E-state index contributed by atoms with van der Waals surface area (Å²) in [5.41, 5.74) is -1.97. The smallest absolute Gasteiger partial charge is 0.370 e. The summed E-state index contributed by atoms with van der Waals surface area (Å²) in [5.74, 6) is -2.82. The van der Waals surface area contributed by atoms with E-state index in [2.05, 4.69) is 5.32 Å². The number of nitrogens with zero attached hydrogens (tertiary/aromatic N) is 1. The molecule has 9 nitrogen and oxygen atoms in total. The average Bonchev–Trinajstić information content (AvgIpc) is 3.00. The molecular formula is C17H16N2O7S. The number of para-hydroxylation sites is 1. The first kappa shape index (κ1) is 17.7. The van der Waals surface area contributed by atoms with Gasteiger partial charge >= 0.3 is 11.9 Å². The minimum atomic E-state index is -1.97. The number of amides is 2. The van der Waals surface area contributed by atoms with Gasteiger partial charge in [0, 0.05) is 11.7 Å². The Hall–Kier alpha value is -2.75. The van der Waals surface area contributed by atoms with Gasteiger partial charge in [0.05, 0.1) is 6.42 Å². The van der Waals surface area contributed by atoms with Gasteiger partial charge in [-0.15, -0.1) is 11.8 Å². The Bertz CT molecular complexity index is 817. The number of nitrogens with one attached hydrogen (secondary N) is 1. The van der Waals surface area contributed by atoms with Crippen LogP contribution < -0.4 is 10.1 Å². The number of carbonyl (C=O) groups is 4. The first-order valence-corrected chi connectivity index (χ1v) is 9.35. The number of carboxylic acid groups (broad SMARTS) is 1. The molecule has 2 amide bonds. The van der Waals surface area contributed by atoms with E-state index in [1.807, 2.05) is 6.07 Å². The Kier molecular flexibility index (Phi) is 4.22. The van der Waals surface area contributed by atoms with Crippen molar-refractivity contribution in [3.63, 3.8) is 0 Å². The van der Waals surface area contributed by atoms with Gasteiger partial charge in [-0.2, -0.15) is 0 Å². The summed E-state index contributed by atoms with van der Waals surface area (Å²) >= 11 is 1.33. The second-order valence-electron chi connectivity index (χ2n) is 6.46. The molecule has 3 heterocycles. The SMILES string of the molecule is O=C(COc1ccccc1)N[C@@H]1C(=O)N2[C@@H]1SCC1CC(=O)OC12C(=O)O. The van der Waals surface area contributed by atoms with Gasteiger partial charge < -0.3 is 19.9 Å². The van der Waals surface area contributed by atoms with Crippen LogP contribution >= 0.6 is 11.8 Å². The Labute approximate surface area is 158 Å². The molecule has 0 radical (unpaired) electrons. The number of rotatable bonds is 5. The van der Waals surface area contributed by atoms with Crippen molar-refractivity contribution in [3.8, 4) is 5.75 Å². The molecule has 2 unspecified atom stereocenters. The third-order valence-electron chi connectivity index (χ3n) is 4.84. The van der Waals surface area contributed by atoms with Crippen LogP contribution in [0.15, 0.2) is 30.3 Å². The largest absolute Gasteiger partial charge is 0.484 e. The molecule has 0 aliphatic carbocycles. The Morgan fingerprint density at radius 1 is 1.33 bits per heavy atom. The predicted octanol–water partition coefficient (Wildman–Crippen LogP) is -0.191. The highest BCUT2D eigenvalue weighted by molar-refractivity contribution is 8.00. The van der Waals surface area contributed by atoms with E-state index in [-0.39, 0.29) is 13.0 Å². The molecule has 1 aromatic rings. The van der Waals surface area contributed by atoms with Gasteiger partial charge in [-0.3, -0.25) is 19.3 Å². The van der Waals surface area contributed by atoms with E-state index in [9.17, 15) is 24.3 Å². The van der Waals surface area contributed by atoms with Gasteiger partial charge in [0.25, 0.3) is 17.5 Å². The van der Waals surface area contributed by atoms with Crippen molar-refractivity contribution in [1.29, 1.82) is 0 Å². The zero-order valence-electron chi connectivity index (χ0n) is 14.0. The fraction of sp³-hybridized carbons (Fsp3) is 0.412. The standard InChI is InChI=1S/C17H16N2O7S/c20-11(7-25-10-4-2-1-3-5-10)18-13-14(22)19-15(13)27-8-9-6-12(21)26-17(9,19)16(23)24/h1-5,9,13,15H,6-8H2,(H,18,20)(H,23,24)/t9?,13-,15-,17?/m1/s1. The summed E-state index contributed by atoms with van der Waals surface area (Å²) in [4.78, 5) is 49.3. The Morgan fingerprint density at radius 2 is 2.07 bits per heavy atom. The molecule has 3 aliphatic heterocycles. The number of β-lactam (4-membered cyclic amide) rings is 1. The Balaban J connectivity index is 1.42. The normalized spacial score (nSPS) is 31.3. The average molecular weight is 392 g/mol. The highest BCUT2D eigenvalue weighted by Crippen LogP contribution is 2.51. The molecule has 0 saturated carbocycles. The van der Waals surface area contributed by atoms with Crippen molar-refractivity contribution < 1.29 is 33.8 Å². The summed E-state index contributed by atoms with van der Waals surface area (Å²) in [6.45, 7) is -0.271. The van der Waals surface area contributed by atoms with Crippen LogP contribution in [-0.4, -0.2) is 63.3 Å². The molecule has 0 aromatic heterocycles. The quantitative estimate of drug-likeness (QED) is 0.522. The first-order chi connectivity index (χ1) is 12.9. The van der Waals surface area contributed by atoms with Crippen LogP contribution in [0.5, 0.6) is 5.75 Å². The molecule has 3 fully saturated rings. The lowest BCUT2D eigenvalue weighted by molar-refractivity contribution is -0.216. The van der Waals surface area contributed by atoms with Crippen LogP contribution in [0.3, 0.4) is 0 Å². The second kappa shape index (κ2) is 6.45. The zero-order valence-corrected chi connectivity index (χ0v) is 14.8. The van der Waals surface area contributed by atoms with Crippen LogP contribution in [0.25, 0.3) is 0 Å². The van der Waals surface area contributed by atoms with Crippen molar-refractivity contribution >= 4 is 35.5 Å². The third-order valence-corrected chi connectivity index (χ3v) is 6.26. The predicted molar refractivity (Wildman–Crippen MR) is 91.5 cm³/mol. The van der Waals surface area contributed by atoms with Gasteiger partial charge in [-0.1, -0.05) is 18.2 Å². The number of ether oxygens (including phenoxy) is 2. The number of carbonyl (C=O) groups excluding carboxylic acids is 3. The lowest BCUT2D eigenvalue weighted by Gasteiger charge is -2.56. The molecule has 1 aromatic carbocycles. The maximum atomic E-state index is 12.6. The van der Waals surface area contributed by atoms with E-state index in [4.69, 9.17) is 9.47 Å². The number of aliphatic carboxylic acids is 1. The maximum Gasteiger partial charge on any atom is 0.370 e. The van der Waals surface area contributed by atoms with Crippen molar-refractivity contribution in [2.24, 2.45) is 5.92 Å². The molecule has 0 bridgehead atoms. The highest BCUT2D eigenvalue weighted by atomic mass is 32.2. The summed E-state index contributed by atoms with van der Waals surface area (Å²) in [6.07, 6.45) is -0.0439. The van der Waals surface area contributed by atoms with Gasteiger partial charge in [-0.25, -0.2) is 4.79 Å². The molecule has 3 aliphatic rings. The monoisotopic (exact) mass is 392 g/mol. The summed E-state index contributed by atoms with van der Waals surface area (Å²) in [7, 11) is 0. The molecule has 10 heteroatoms. The maximum absolute atomic E-state index is 12.6. The number of hydrogen-bond acceptors (Lipinski definition) is 7. The minimum Gasteiger partial charge on any atom is -0.484 e. The van der Waals surface area contributed by atoms with Crippen LogP contribution in [-0.2, 0) is 23.9 Å². The fourth-order valence-corrected chi connectivity index (χ4v) is 5.15. The van der Waals surface area contributed by atoms with Crippen molar-refractivity contribution in [2.45, 2.75) is 23.6 Å². The first-order valence-electron chi connectivity index (χ1n) is 8.30. The number of fused-ring (bicyclic) bond motifs is 3. The van der Waals surface area contributed by atoms with E-state index in [0.29, 0.717) is 11.5 Å². The van der Waals surface area contributed by atoms with E-state index < -0.39 is 46.8 Å². The molecular weight excluding hydrogens is 376 g/mol. The summed E-state index contributed by atoms with van der Waals surface area (Å²) in [6, 6.07) is 7.87. The van der Waals surface area contributed by atoms with Crippen LogP contribution in [0.1, 0.15) is 6.42 Å². The van der Waals surface area contributed by atoms with Crippen LogP contribution in [0.2, 0.25) is 0 Å². The fourth-order valence-electron chi connectivity index (χ4n) is 3.59. The molecule has 142 valence electrons. The number of carboxylic acids is 1. The topological polar surface area (TPSA) is 122 Å². The minimum absolute atomic E-state index is 0.0439. The highest BCUT2D eigenvalue weighted by Gasteiger charge is 2.71. The number of hydrogen-bond donors (Lipinski definition) is 2. The molecule has 4 rings (SSSR count). The molecule has 3 saturated heterocycles. The number of thioether (sulfide) groups is 1. The van der Waals surface area contributed by atoms with Gasteiger partial charge in [0.1, 0.15) is 17.2 Å². The van der Waals surface area contributed by atoms with E-state index in [0.717, 1.165) is 4.90 Å². The Morgan fingerprint density at radius 3 is 2.78 bits per heavy atom. The van der Waals surface area contributed by atoms with E-state index in [1.165, 1.54) is 11.8 Å². The second-order valence-corrected chi connectivity index (χ2v) is 7.61. The van der Waals surface area contributed by atoms with Crippen molar-refractivity contribution in [2.75, 3.05) is 12.4 Å². The van der Waals surface area contributed by atoms with Crippen molar-refractivity contribution in [1.82, 2.24) is 10.2 Å². The van der Waals surface area contributed by atoms with Crippen molar-refractivity contribution in [3.05, 3.63) is 30.3 Å². The number of benzene rings is 1. The van der Waals surface area contributed by atoms with Crippen LogP contribution in [0.4, 0.5) is 0 Å². The molecule has 27 heavy (non-hydrogen) atoms. The van der Waals surface area contributed by atoms with Gasteiger partial charge in [0.15, 0.2) is 6.61 Å². The van der Waals surface area contributed by atoms with Crippen LogP contribution in [0, 0.1) is 5.92 Å². The van der Waals surface area contributed by atoms with E-state index in [1.54, 1.807) is 24.3 Å². The molecule has 0 spiro atoms. The lowest BCUT2D eigenvalue weighted by Crippen LogP contribution is -2.80. The summed E-state index contributed by atoms with van der Waals surface area (Å²) < 4.78 is 10.4. The summed E-state index contributed by atoms with van der Waals surface area (Å²) in [5, 5.41) is 11.6. The van der Waals surface area contributed by atoms with E-state index >= 15 is 0 Å². The molecule has 2 N–H and O–H groups in total. The zero-order chi connectivity index (χ0) is 19.2. The third kappa shape index (κ3) is 2.71. The van der Waals surface area contributed by atoms with Gasteiger partial charge in [0.2, 0.25) is 0 Å². The lowest BCUT2D eigenvalue weighted by atomic mass is 9.89. The van der Waals surface area contributed by atoms with Gasteiger partial charge in [-0.05, 0) is 12.1 Å².